The minimum atomic E-state index is -0.635. The van der Waals surface area contributed by atoms with Crippen molar-refractivity contribution in [1.29, 1.82) is 0 Å². The van der Waals surface area contributed by atoms with Gasteiger partial charge in [-0.25, -0.2) is 4.79 Å². The SMILES string of the molecule is COc1ccc2c(c1)C(=O)N(C[C@H](NC(=O)NC=O)c1ccc(-c3ccc4cn[nH]c4c3)cc1)C2. The number of fused-ring (bicyclic) bond motifs is 2. The molecule has 0 unspecified atom stereocenters. The van der Waals surface area contributed by atoms with Crippen molar-refractivity contribution in [2.75, 3.05) is 13.7 Å². The van der Waals surface area contributed by atoms with E-state index in [0.717, 1.165) is 33.2 Å². The molecule has 3 N–H and O–H groups in total. The fourth-order valence-electron chi connectivity index (χ4n) is 4.35. The lowest BCUT2D eigenvalue weighted by molar-refractivity contribution is -0.108. The molecule has 3 aromatic carbocycles. The Balaban J connectivity index is 1.39. The number of aromatic amines is 1. The standard InChI is InChI=1S/C26H23N5O4/c1-35-21-9-8-20-13-31(25(33)22(20)11-21)14-24(29-26(34)27-15-32)17-4-2-16(3-5-17)18-6-7-19-12-28-30-23(19)10-18/h2-12,15,24H,13-14H2,1H3,(H,28,30)(H2,27,29,32,34)/t24-/m0/s1. The number of hydrogen-bond donors (Lipinski definition) is 3. The van der Waals surface area contributed by atoms with Crippen molar-refractivity contribution in [3.05, 3.63) is 83.6 Å². The topological polar surface area (TPSA) is 116 Å². The quantitative estimate of drug-likeness (QED) is 0.359. The summed E-state index contributed by atoms with van der Waals surface area (Å²) in [5, 5.41) is 13.0. The van der Waals surface area contributed by atoms with Crippen molar-refractivity contribution in [3.63, 3.8) is 0 Å². The van der Waals surface area contributed by atoms with Gasteiger partial charge in [-0.15, -0.1) is 0 Å². The number of carbonyl (C=O) groups is 3. The van der Waals surface area contributed by atoms with E-state index in [-0.39, 0.29) is 12.5 Å². The predicted molar refractivity (Wildman–Crippen MR) is 130 cm³/mol. The molecule has 0 saturated heterocycles. The van der Waals surface area contributed by atoms with Gasteiger partial charge in [-0.3, -0.25) is 20.0 Å². The Morgan fingerprint density at radius 1 is 1.14 bits per heavy atom. The number of urea groups is 1. The van der Waals surface area contributed by atoms with Gasteiger partial charge in [0.15, 0.2) is 0 Å². The number of hydrogen-bond acceptors (Lipinski definition) is 5. The van der Waals surface area contributed by atoms with Gasteiger partial charge in [0, 0.05) is 24.0 Å². The molecule has 4 amide bonds. The van der Waals surface area contributed by atoms with Crippen LogP contribution in [0.2, 0.25) is 0 Å². The molecule has 9 heteroatoms. The Morgan fingerprint density at radius 2 is 1.94 bits per heavy atom. The summed E-state index contributed by atoms with van der Waals surface area (Å²) in [6.45, 7) is 0.662. The van der Waals surface area contributed by atoms with Gasteiger partial charge in [0.05, 0.1) is 24.9 Å². The van der Waals surface area contributed by atoms with Crippen LogP contribution in [0.4, 0.5) is 4.79 Å². The monoisotopic (exact) mass is 469 g/mol. The van der Waals surface area contributed by atoms with Crippen LogP contribution in [0.1, 0.15) is 27.5 Å². The lowest BCUT2D eigenvalue weighted by Crippen LogP contribution is -2.42. The van der Waals surface area contributed by atoms with Crippen LogP contribution in [0.15, 0.2) is 66.9 Å². The smallest absolute Gasteiger partial charge is 0.321 e. The molecular weight excluding hydrogens is 446 g/mol. The first-order chi connectivity index (χ1) is 17.1. The second kappa shape index (κ2) is 9.30. The third-order valence-corrected chi connectivity index (χ3v) is 6.18. The summed E-state index contributed by atoms with van der Waals surface area (Å²) in [7, 11) is 1.56. The lowest BCUT2D eigenvalue weighted by atomic mass is 9.99. The molecule has 0 aliphatic carbocycles. The Bertz CT molecular complexity index is 1410. The van der Waals surface area contributed by atoms with Gasteiger partial charge in [0.1, 0.15) is 5.75 Å². The highest BCUT2D eigenvalue weighted by molar-refractivity contribution is 5.98. The molecule has 1 aromatic heterocycles. The fourth-order valence-corrected chi connectivity index (χ4v) is 4.35. The Kier molecular flexibility index (Phi) is 5.88. The summed E-state index contributed by atoms with van der Waals surface area (Å²) < 4.78 is 5.25. The van der Waals surface area contributed by atoms with Gasteiger partial charge in [0.25, 0.3) is 5.91 Å². The van der Waals surface area contributed by atoms with E-state index in [0.29, 0.717) is 24.3 Å². The predicted octanol–water partition coefficient (Wildman–Crippen LogP) is 3.39. The van der Waals surface area contributed by atoms with Crippen LogP contribution >= 0.6 is 0 Å². The van der Waals surface area contributed by atoms with Crippen molar-refractivity contribution in [1.82, 2.24) is 25.7 Å². The van der Waals surface area contributed by atoms with Gasteiger partial charge in [0.2, 0.25) is 6.41 Å². The number of carbonyl (C=O) groups excluding carboxylic acids is 3. The Morgan fingerprint density at radius 3 is 2.71 bits per heavy atom. The molecule has 5 rings (SSSR count). The number of nitrogens with zero attached hydrogens (tertiary/aromatic N) is 2. The maximum Gasteiger partial charge on any atom is 0.321 e. The van der Waals surface area contributed by atoms with Crippen molar-refractivity contribution >= 4 is 29.3 Å². The highest BCUT2D eigenvalue weighted by Crippen LogP contribution is 2.30. The van der Waals surface area contributed by atoms with E-state index >= 15 is 0 Å². The fraction of sp³-hybridized carbons (Fsp3) is 0.154. The summed E-state index contributed by atoms with van der Waals surface area (Å²) in [5.74, 6) is 0.480. The van der Waals surface area contributed by atoms with E-state index in [9.17, 15) is 14.4 Å². The average molecular weight is 470 g/mol. The molecular formula is C26H23N5O4. The summed E-state index contributed by atoms with van der Waals surface area (Å²) in [5.41, 5.74) is 5.26. The number of ether oxygens (including phenoxy) is 1. The Labute approximate surface area is 201 Å². The first kappa shape index (κ1) is 22.1. The number of H-pyrrole nitrogens is 1. The number of rotatable bonds is 7. The molecule has 176 valence electrons. The Hall–Kier alpha value is -4.66. The molecule has 0 spiro atoms. The van der Waals surface area contributed by atoms with E-state index in [2.05, 4.69) is 20.8 Å². The van der Waals surface area contributed by atoms with Gasteiger partial charge < -0.3 is 15.0 Å². The van der Waals surface area contributed by atoms with Gasteiger partial charge in [-0.05, 0) is 40.5 Å². The summed E-state index contributed by atoms with van der Waals surface area (Å²) in [6, 6.07) is 18.1. The first-order valence-corrected chi connectivity index (χ1v) is 11.1. The maximum atomic E-state index is 13.0. The molecule has 4 aromatic rings. The van der Waals surface area contributed by atoms with E-state index in [1.165, 1.54) is 0 Å². The molecule has 1 atom stereocenters. The van der Waals surface area contributed by atoms with Crippen LogP contribution in [-0.2, 0) is 11.3 Å². The number of aromatic nitrogens is 2. The van der Waals surface area contributed by atoms with Gasteiger partial charge in [-0.2, -0.15) is 5.10 Å². The molecule has 0 fully saturated rings. The molecule has 35 heavy (non-hydrogen) atoms. The minimum Gasteiger partial charge on any atom is -0.497 e. The van der Waals surface area contributed by atoms with E-state index in [1.807, 2.05) is 54.6 Å². The summed E-state index contributed by atoms with van der Waals surface area (Å²) in [6.07, 6.45) is 2.10. The minimum absolute atomic E-state index is 0.133. The second-order valence-electron chi connectivity index (χ2n) is 8.29. The molecule has 0 radical (unpaired) electrons. The molecule has 2 heterocycles. The molecule has 1 aliphatic heterocycles. The highest BCUT2D eigenvalue weighted by atomic mass is 16.5. The van der Waals surface area contributed by atoms with Crippen LogP contribution < -0.4 is 15.4 Å². The summed E-state index contributed by atoms with van der Waals surface area (Å²) >= 11 is 0. The van der Waals surface area contributed by atoms with Crippen LogP contribution in [-0.4, -0.2) is 47.1 Å². The van der Waals surface area contributed by atoms with Crippen molar-refractivity contribution in [3.8, 4) is 16.9 Å². The van der Waals surface area contributed by atoms with Crippen LogP contribution in [0.25, 0.3) is 22.0 Å². The van der Waals surface area contributed by atoms with Gasteiger partial charge >= 0.3 is 6.03 Å². The number of nitrogens with one attached hydrogen (secondary N) is 3. The van der Waals surface area contributed by atoms with E-state index in [4.69, 9.17) is 4.74 Å². The third kappa shape index (κ3) is 4.43. The molecule has 0 bridgehead atoms. The number of benzene rings is 3. The normalized spacial score (nSPS) is 13.4. The number of amides is 4. The van der Waals surface area contributed by atoms with Crippen molar-refractivity contribution in [2.24, 2.45) is 0 Å². The average Bonchev–Trinajstić information content (AvgIpc) is 3.47. The third-order valence-electron chi connectivity index (χ3n) is 6.18. The zero-order chi connectivity index (χ0) is 24.4. The molecule has 1 aliphatic rings. The molecule has 9 nitrogen and oxygen atoms in total. The second-order valence-corrected chi connectivity index (χ2v) is 8.29. The van der Waals surface area contributed by atoms with Crippen molar-refractivity contribution < 1.29 is 19.1 Å². The van der Waals surface area contributed by atoms with Gasteiger partial charge in [-0.1, -0.05) is 42.5 Å². The molecule has 0 saturated carbocycles. The first-order valence-electron chi connectivity index (χ1n) is 11.1. The largest absolute Gasteiger partial charge is 0.497 e. The zero-order valence-electron chi connectivity index (χ0n) is 18.9. The lowest BCUT2D eigenvalue weighted by Gasteiger charge is -2.25. The summed E-state index contributed by atoms with van der Waals surface area (Å²) in [4.78, 5) is 37.7. The van der Waals surface area contributed by atoms with Crippen LogP contribution in [0.3, 0.4) is 0 Å². The van der Waals surface area contributed by atoms with Crippen LogP contribution in [0.5, 0.6) is 5.75 Å². The van der Waals surface area contributed by atoms with E-state index in [1.54, 1.807) is 24.3 Å². The number of methoxy groups -OCH3 is 1. The highest BCUT2D eigenvalue weighted by Gasteiger charge is 2.30. The number of imide groups is 1. The van der Waals surface area contributed by atoms with E-state index < -0.39 is 12.1 Å². The zero-order valence-corrected chi connectivity index (χ0v) is 18.9. The van der Waals surface area contributed by atoms with Crippen LogP contribution in [0, 0.1) is 0 Å². The maximum absolute atomic E-state index is 13.0. The van der Waals surface area contributed by atoms with Crippen molar-refractivity contribution in [2.45, 2.75) is 12.6 Å².